The molecule has 18 atom stereocenters. The number of benzene rings is 1. The van der Waals surface area contributed by atoms with Gasteiger partial charge in [-0.2, -0.15) is 0 Å². The Labute approximate surface area is 408 Å². The fraction of sp³-hybridized carbons (Fsp3) is 0.780. The number of ether oxygens (including phenoxy) is 6. The van der Waals surface area contributed by atoms with Crippen molar-refractivity contribution in [3.63, 3.8) is 0 Å². The third-order valence-corrected chi connectivity index (χ3v) is 15.5. The zero-order valence-electron chi connectivity index (χ0n) is 41.0. The normalized spacial score (nSPS) is 39.2. The first-order chi connectivity index (χ1) is 30.0. The van der Waals surface area contributed by atoms with Crippen LogP contribution in [0.5, 0.6) is 11.5 Å². The molecule has 5 heterocycles. The molecular formula is C50H77NaO14. The second kappa shape index (κ2) is 22.6. The Morgan fingerprint density at radius 1 is 0.892 bits per heavy atom. The average Bonchev–Trinajstić information content (AvgIpc) is 3.60. The summed E-state index contributed by atoms with van der Waals surface area (Å²) in [6.45, 7) is 20.8. The van der Waals surface area contributed by atoms with Gasteiger partial charge in [-0.15, -0.1) is 0 Å². The number of aliphatic hydroxyl groups excluding tert-OH is 2. The summed E-state index contributed by atoms with van der Waals surface area (Å²) in [7, 11) is 0. The molecule has 4 N–H and O–H groups in total. The fourth-order valence-electron chi connectivity index (χ4n) is 11.2. The number of ketones is 1. The Morgan fingerprint density at radius 2 is 1.54 bits per heavy atom. The summed E-state index contributed by atoms with van der Waals surface area (Å²) in [5.74, 6) is -6.01. The minimum Gasteiger partial charge on any atom is -0.550 e. The number of carbonyl (C=O) groups excluding carboxylic acids is 3. The van der Waals surface area contributed by atoms with E-state index in [2.05, 4.69) is 20.8 Å². The van der Waals surface area contributed by atoms with Crippen molar-refractivity contribution in [3.8, 4) is 11.5 Å². The Morgan fingerprint density at radius 3 is 2.11 bits per heavy atom. The van der Waals surface area contributed by atoms with Crippen molar-refractivity contribution < 1.29 is 97.9 Å². The van der Waals surface area contributed by atoms with Gasteiger partial charge in [-0.3, -0.25) is 9.59 Å². The first-order valence-electron chi connectivity index (χ1n) is 23.9. The molecule has 362 valence electrons. The summed E-state index contributed by atoms with van der Waals surface area (Å²) in [5.41, 5.74) is -1.64. The Hall–Kier alpha value is -1.95. The number of carboxylic acid groups (broad SMARTS) is 1. The van der Waals surface area contributed by atoms with Gasteiger partial charge in [0.1, 0.15) is 23.4 Å². The van der Waals surface area contributed by atoms with Gasteiger partial charge < -0.3 is 58.7 Å². The van der Waals surface area contributed by atoms with Gasteiger partial charge in [0.05, 0.1) is 47.8 Å². The van der Waals surface area contributed by atoms with Crippen LogP contribution in [-0.2, 0) is 38.1 Å². The summed E-state index contributed by atoms with van der Waals surface area (Å²) in [6.07, 6.45) is 5.22. The smallest absolute Gasteiger partial charge is 0.550 e. The zero-order valence-corrected chi connectivity index (χ0v) is 43.0. The van der Waals surface area contributed by atoms with E-state index in [1.54, 1.807) is 19.1 Å². The molecule has 6 rings (SSSR count). The Balaban J connectivity index is 0.000000674. The van der Waals surface area contributed by atoms with Crippen molar-refractivity contribution in [1.82, 2.24) is 0 Å². The van der Waals surface area contributed by atoms with Crippen LogP contribution in [0.4, 0.5) is 0 Å². The van der Waals surface area contributed by atoms with E-state index in [9.17, 15) is 34.8 Å². The van der Waals surface area contributed by atoms with Gasteiger partial charge in [-0.05, 0) is 120 Å². The van der Waals surface area contributed by atoms with Crippen LogP contribution in [0.2, 0.25) is 0 Å². The summed E-state index contributed by atoms with van der Waals surface area (Å²) in [5, 5.41) is 54.8. The summed E-state index contributed by atoms with van der Waals surface area (Å²) in [6, 6.07) is 5.96. The largest absolute Gasteiger partial charge is 1.00 e. The van der Waals surface area contributed by atoms with E-state index in [-0.39, 0.29) is 77.0 Å². The number of phenols is 1. The van der Waals surface area contributed by atoms with Crippen molar-refractivity contribution >= 4 is 17.7 Å². The van der Waals surface area contributed by atoms with E-state index < -0.39 is 82.9 Å². The quantitative estimate of drug-likeness (QED) is 0.0970. The second-order valence-electron chi connectivity index (χ2n) is 20.0. The van der Waals surface area contributed by atoms with Crippen molar-refractivity contribution in [1.29, 1.82) is 0 Å². The summed E-state index contributed by atoms with van der Waals surface area (Å²) in [4.78, 5) is 36.7. The van der Waals surface area contributed by atoms with Gasteiger partial charge in [0.25, 0.3) is 0 Å². The van der Waals surface area contributed by atoms with Crippen LogP contribution in [0.3, 0.4) is 0 Å². The number of aromatic hydroxyl groups is 1. The topological polar surface area (TPSA) is 211 Å². The predicted octanol–water partition coefficient (Wildman–Crippen LogP) is 3.17. The van der Waals surface area contributed by atoms with Crippen LogP contribution < -0.4 is 39.4 Å². The van der Waals surface area contributed by atoms with Crippen LogP contribution in [-0.4, -0.2) is 104 Å². The SMILES string of the molecule is CC(=O)Oc1ccc(O)cc1.CCC(C(=O)[O-])C1CCC(C)C(C(C)C(O)C(C)C(=O)C(CC)C2OC3(C=CC(O)C4(CCC(C)(C5CCC(O)(CC)C(C)O5)O4)O3)C(C)CC2C)O1.[Na+]. The molecule has 0 radical (unpaired) electrons. The number of aliphatic carboxylic acids is 1. The molecule has 18 unspecified atom stereocenters. The van der Waals surface area contributed by atoms with Crippen molar-refractivity contribution in [3.05, 3.63) is 36.4 Å². The van der Waals surface area contributed by atoms with Gasteiger partial charge in [-0.1, -0.05) is 55.4 Å². The average molecular weight is 925 g/mol. The first kappa shape index (κ1) is 55.6. The number of hydrogen-bond acceptors (Lipinski definition) is 14. The number of esters is 1. The molecule has 5 aliphatic rings. The zero-order chi connectivity index (χ0) is 47.5. The van der Waals surface area contributed by atoms with Crippen molar-refractivity contribution in [2.24, 2.45) is 41.4 Å². The van der Waals surface area contributed by atoms with Gasteiger partial charge >= 0.3 is 35.5 Å². The van der Waals surface area contributed by atoms with Crippen LogP contribution >= 0.6 is 0 Å². The monoisotopic (exact) mass is 925 g/mol. The van der Waals surface area contributed by atoms with Gasteiger partial charge in [0, 0.05) is 48.9 Å². The molecular weight excluding hydrogens is 848 g/mol. The van der Waals surface area contributed by atoms with E-state index in [4.69, 9.17) is 33.5 Å². The minimum atomic E-state index is -1.37. The number of phenolic OH excluding ortho intramolecular Hbond substituents is 1. The Kier molecular flexibility index (Phi) is 19.4. The molecule has 14 nitrogen and oxygen atoms in total. The van der Waals surface area contributed by atoms with Crippen LogP contribution in [0.25, 0.3) is 0 Å². The molecule has 1 aromatic carbocycles. The maximum atomic E-state index is 14.4. The van der Waals surface area contributed by atoms with E-state index in [1.165, 1.54) is 31.2 Å². The van der Waals surface area contributed by atoms with E-state index in [0.717, 1.165) is 6.42 Å². The van der Waals surface area contributed by atoms with Gasteiger partial charge in [0.2, 0.25) is 5.79 Å². The number of rotatable bonds is 13. The van der Waals surface area contributed by atoms with Gasteiger partial charge in [-0.25, -0.2) is 0 Å². The Bertz CT molecular complexity index is 1780. The number of carbonyl (C=O) groups is 3. The first-order valence-corrected chi connectivity index (χ1v) is 23.9. The number of hydrogen-bond donors (Lipinski definition) is 4. The molecule has 0 bridgehead atoms. The molecule has 5 aliphatic heterocycles. The molecule has 4 saturated heterocycles. The maximum absolute atomic E-state index is 14.4. The van der Waals surface area contributed by atoms with Crippen LogP contribution in [0, 0.1) is 41.4 Å². The molecule has 0 amide bonds. The minimum absolute atomic E-state index is 0. The van der Waals surface area contributed by atoms with Crippen LogP contribution in [0.15, 0.2) is 36.4 Å². The number of aliphatic hydroxyl groups is 3. The molecule has 65 heavy (non-hydrogen) atoms. The van der Waals surface area contributed by atoms with Crippen LogP contribution in [0.1, 0.15) is 140 Å². The summed E-state index contributed by atoms with van der Waals surface area (Å²) >= 11 is 0. The fourth-order valence-corrected chi connectivity index (χ4v) is 11.2. The molecule has 1 aromatic rings. The maximum Gasteiger partial charge on any atom is 1.00 e. The molecule has 2 spiro atoms. The molecule has 0 saturated carbocycles. The predicted molar refractivity (Wildman–Crippen MR) is 235 cm³/mol. The molecule has 4 fully saturated rings. The van der Waals surface area contributed by atoms with E-state index in [1.807, 2.05) is 41.5 Å². The standard InChI is InChI=1S/C42H70O11.C8H8O3.Na/c1-11-29(38(46)47)31-15-14-23(4)36(50-31)27(8)34(44)26(7)35(45)30(12-2)37-24(5)22-25(6)41(51-37)19-16-32(43)42(53-41)21-20-39(10,52-42)33-17-18-40(48,13-3)28(9)49-33;1-6(9)11-8-4-2-7(10)3-5-8;/h16,19,23-34,36-37,43-44,48H,11-15,17-18,20-22H2,1-10H3,(H,46,47);2-5,10H,1H3;/q;;+1/p-1. The van der Waals surface area contributed by atoms with Crippen molar-refractivity contribution in [2.45, 2.75) is 206 Å². The third kappa shape index (κ3) is 12.1. The van der Waals surface area contributed by atoms with Gasteiger partial charge in [0.15, 0.2) is 5.79 Å². The number of carboxylic acids is 1. The molecule has 0 aromatic heterocycles. The van der Waals surface area contributed by atoms with E-state index in [0.29, 0.717) is 63.5 Å². The molecule has 0 aliphatic carbocycles. The van der Waals surface area contributed by atoms with E-state index >= 15 is 0 Å². The van der Waals surface area contributed by atoms with Crippen molar-refractivity contribution in [2.75, 3.05) is 0 Å². The third-order valence-electron chi connectivity index (χ3n) is 15.5. The summed E-state index contributed by atoms with van der Waals surface area (Å²) < 4.78 is 38.1. The second-order valence-corrected chi connectivity index (χ2v) is 20.0. The molecule has 15 heteroatoms. The number of Topliss-reactive ketones (excluding diaryl/α,β-unsaturated/α-hetero) is 1.